The largest absolute Gasteiger partial charge is 0.463 e. The Labute approximate surface area is 141 Å². The number of benzene rings is 1. The molecule has 3 rings (SSSR count). The van der Waals surface area contributed by atoms with Gasteiger partial charge in [-0.25, -0.2) is 9.78 Å². The van der Waals surface area contributed by atoms with Crippen LogP contribution in [-0.4, -0.2) is 22.0 Å². The maximum Gasteiger partial charge on any atom is 0.330 e. The van der Waals surface area contributed by atoms with Crippen LogP contribution < -0.4 is 0 Å². The summed E-state index contributed by atoms with van der Waals surface area (Å²) in [4.78, 5) is 16.4. The molecule has 1 aromatic carbocycles. The highest BCUT2D eigenvalue weighted by Gasteiger charge is 2.12. The molecule has 0 aliphatic carbocycles. The molecule has 0 N–H and O–H groups in total. The molecule has 24 heavy (non-hydrogen) atoms. The van der Waals surface area contributed by atoms with Crippen molar-refractivity contribution >= 4 is 17.7 Å². The van der Waals surface area contributed by atoms with Crippen LogP contribution in [0, 0.1) is 13.8 Å². The second kappa shape index (κ2) is 6.71. The summed E-state index contributed by atoms with van der Waals surface area (Å²) in [5.41, 5.74) is 5.92. The Kier molecular flexibility index (Phi) is 4.47. The third-order valence-electron chi connectivity index (χ3n) is 3.81. The number of imidazole rings is 1. The van der Waals surface area contributed by atoms with Crippen LogP contribution in [0.2, 0.25) is 0 Å². The van der Waals surface area contributed by atoms with Crippen LogP contribution in [0.25, 0.3) is 23.0 Å². The Morgan fingerprint density at radius 2 is 1.92 bits per heavy atom. The van der Waals surface area contributed by atoms with Gasteiger partial charge in [0.25, 0.3) is 0 Å². The lowest BCUT2D eigenvalue weighted by Gasteiger charge is -2.02. The zero-order valence-corrected chi connectivity index (χ0v) is 14.1. The van der Waals surface area contributed by atoms with E-state index in [9.17, 15) is 4.79 Å². The van der Waals surface area contributed by atoms with Crippen molar-refractivity contribution in [1.82, 2.24) is 9.38 Å². The third-order valence-corrected chi connectivity index (χ3v) is 3.81. The van der Waals surface area contributed by atoms with Gasteiger partial charge in [0.05, 0.1) is 18.0 Å². The average molecular weight is 320 g/mol. The standard InChI is InChI=1S/C20H20N2O2/c1-4-24-19(23)10-9-17-20(16-7-5-14(2)6-8-16)21-18-13-15(3)11-12-22(17)18/h5-13H,4H2,1-3H3/b10-9+. The summed E-state index contributed by atoms with van der Waals surface area (Å²) < 4.78 is 6.96. The number of hydrogen-bond acceptors (Lipinski definition) is 3. The van der Waals surface area contributed by atoms with Gasteiger partial charge in [-0.05, 0) is 44.5 Å². The van der Waals surface area contributed by atoms with E-state index in [0.717, 1.165) is 28.2 Å². The first-order valence-electron chi connectivity index (χ1n) is 7.99. The summed E-state index contributed by atoms with van der Waals surface area (Å²) in [6.07, 6.45) is 5.19. The lowest BCUT2D eigenvalue weighted by atomic mass is 10.1. The van der Waals surface area contributed by atoms with Crippen LogP contribution >= 0.6 is 0 Å². The van der Waals surface area contributed by atoms with E-state index in [1.54, 1.807) is 13.0 Å². The summed E-state index contributed by atoms with van der Waals surface area (Å²) in [7, 11) is 0. The van der Waals surface area contributed by atoms with Gasteiger partial charge in [0.2, 0.25) is 0 Å². The molecule has 4 nitrogen and oxygen atoms in total. The molecule has 0 spiro atoms. The van der Waals surface area contributed by atoms with E-state index < -0.39 is 0 Å². The van der Waals surface area contributed by atoms with Gasteiger partial charge in [0, 0.05) is 17.8 Å². The summed E-state index contributed by atoms with van der Waals surface area (Å²) in [6.45, 7) is 6.24. The number of ether oxygens (including phenoxy) is 1. The number of pyridine rings is 1. The summed E-state index contributed by atoms with van der Waals surface area (Å²) >= 11 is 0. The van der Waals surface area contributed by atoms with Crippen molar-refractivity contribution in [3.8, 4) is 11.3 Å². The normalized spacial score (nSPS) is 11.3. The zero-order valence-electron chi connectivity index (χ0n) is 14.1. The first-order chi connectivity index (χ1) is 11.6. The lowest BCUT2D eigenvalue weighted by Crippen LogP contribution is -1.99. The minimum absolute atomic E-state index is 0.352. The van der Waals surface area contributed by atoms with E-state index in [-0.39, 0.29) is 5.97 Å². The lowest BCUT2D eigenvalue weighted by molar-refractivity contribution is -0.137. The van der Waals surface area contributed by atoms with Gasteiger partial charge in [-0.2, -0.15) is 0 Å². The number of aromatic nitrogens is 2. The van der Waals surface area contributed by atoms with Crippen molar-refractivity contribution in [1.29, 1.82) is 0 Å². The van der Waals surface area contributed by atoms with E-state index in [2.05, 4.69) is 19.1 Å². The van der Waals surface area contributed by atoms with E-state index in [1.807, 2.05) is 41.8 Å². The van der Waals surface area contributed by atoms with Gasteiger partial charge in [0.1, 0.15) is 5.65 Å². The molecule has 0 aliphatic rings. The second-order valence-corrected chi connectivity index (χ2v) is 5.73. The Hall–Kier alpha value is -2.88. The minimum Gasteiger partial charge on any atom is -0.463 e. The average Bonchev–Trinajstić information content (AvgIpc) is 2.91. The highest BCUT2D eigenvalue weighted by atomic mass is 16.5. The number of esters is 1. The molecule has 0 radical (unpaired) electrons. The maximum absolute atomic E-state index is 11.7. The van der Waals surface area contributed by atoms with Crippen LogP contribution in [0.5, 0.6) is 0 Å². The molecule has 2 heterocycles. The van der Waals surface area contributed by atoms with Crippen molar-refractivity contribution in [2.75, 3.05) is 6.61 Å². The van der Waals surface area contributed by atoms with Crippen molar-refractivity contribution in [2.24, 2.45) is 0 Å². The summed E-state index contributed by atoms with van der Waals surface area (Å²) in [5.74, 6) is -0.352. The maximum atomic E-state index is 11.7. The van der Waals surface area contributed by atoms with Crippen molar-refractivity contribution in [3.05, 3.63) is 65.5 Å². The van der Waals surface area contributed by atoms with Crippen molar-refractivity contribution < 1.29 is 9.53 Å². The Morgan fingerprint density at radius 1 is 1.17 bits per heavy atom. The fraction of sp³-hybridized carbons (Fsp3) is 0.200. The Balaban J connectivity index is 2.14. The van der Waals surface area contributed by atoms with Gasteiger partial charge in [0.15, 0.2) is 0 Å². The van der Waals surface area contributed by atoms with Crippen LogP contribution in [0.15, 0.2) is 48.7 Å². The van der Waals surface area contributed by atoms with E-state index >= 15 is 0 Å². The summed E-state index contributed by atoms with van der Waals surface area (Å²) in [5, 5.41) is 0. The molecule has 0 fully saturated rings. The Bertz CT molecular complexity index is 905. The molecule has 122 valence electrons. The molecule has 0 saturated heterocycles. The minimum atomic E-state index is -0.352. The first kappa shape index (κ1) is 16.0. The molecule has 2 aromatic heterocycles. The molecule has 0 amide bonds. The predicted octanol–water partition coefficient (Wildman–Crippen LogP) is 4.19. The topological polar surface area (TPSA) is 43.6 Å². The van der Waals surface area contributed by atoms with Crippen LogP contribution in [0.4, 0.5) is 0 Å². The predicted molar refractivity (Wildman–Crippen MR) is 95.8 cm³/mol. The molecule has 0 bridgehead atoms. The van der Waals surface area contributed by atoms with Crippen molar-refractivity contribution in [3.63, 3.8) is 0 Å². The van der Waals surface area contributed by atoms with Gasteiger partial charge < -0.3 is 4.74 Å². The monoisotopic (exact) mass is 320 g/mol. The van der Waals surface area contributed by atoms with E-state index in [1.165, 1.54) is 11.6 Å². The second-order valence-electron chi connectivity index (χ2n) is 5.73. The van der Waals surface area contributed by atoms with Crippen LogP contribution in [0.3, 0.4) is 0 Å². The molecule has 0 saturated carbocycles. The van der Waals surface area contributed by atoms with Gasteiger partial charge in [-0.1, -0.05) is 29.8 Å². The zero-order chi connectivity index (χ0) is 17.1. The number of hydrogen-bond donors (Lipinski definition) is 0. The molecule has 4 heteroatoms. The van der Waals surface area contributed by atoms with Crippen LogP contribution in [-0.2, 0) is 9.53 Å². The van der Waals surface area contributed by atoms with Gasteiger partial charge >= 0.3 is 5.97 Å². The number of nitrogens with zero attached hydrogens (tertiary/aromatic N) is 2. The Morgan fingerprint density at radius 3 is 2.62 bits per heavy atom. The first-order valence-corrected chi connectivity index (χ1v) is 7.99. The number of aryl methyl sites for hydroxylation is 2. The van der Waals surface area contributed by atoms with E-state index in [4.69, 9.17) is 9.72 Å². The molecule has 0 atom stereocenters. The molecule has 0 aliphatic heterocycles. The number of rotatable bonds is 4. The van der Waals surface area contributed by atoms with E-state index in [0.29, 0.717) is 6.61 Å². The quantitative estimate of drug-likeness (QED) is 0.534. The van der Waals surface area contributed by atoms with Gasteiger partial charge in [-0.3, -0.25) is 4.40 Å². The summed E-state index contributed by atoms with van der Waals surface area (Å²) in [6, 6.07) is 12.3. The highest BCUT2D eigenvalue weighted by molar-refractivity contribution is 5.88. The SMILES string of the molecule is CCOC(=O)/C=C/c1c(-c2ccc(C)cc2)nc2cc(C)ccn12. The molecular weight excluding hydrogens is 300 g/mol. The fourth-order valence-electron chi connectivity index (χ4n) is 2.59. The van der Waals surface area contributed by atoms with Crippen molar-refractivity contribution in [2.45, 2.75) is 20.8 Å². The smallest absolute Gasteiger partial charge is 0.330 e. The fourth-order valence-corrected chi connectivity index (χ4v) is 2.59. The molecule has 3 aromatic rings. The highest BCUT2D eigenvalue weighted by Crippen LogP contribution is 2.26. The number of carbonyl (C=O) groups excluding carboxylic acids is 1. The third kappa shape index (κ3) is 3.23. The molecule has 0 unspecified atom stereocenters. The van der Waals surface area contributed by atoms with Crippen LogP contribution in [0.1, 0.15) is 23.7 Å². The van der Waals surface area contributed by atoms with Gasteiger partial charge in [-0.15, -0.1) is 0 Å². The molecular formula is C20H20N2O2. The number of fused-ring (bicyclic) bond motifs is 1. The number of carbonyl (C=O) groups is 1.